The summed E-state index contributed by atoms with van der Waals surface area (Å²) in [5, 5.41) is 1.06. The van der Waals surface area contributed by atoms with Gasteiger partial charge in [-0.3, -0.25) is 4.79 Å². The molecule has 164 valence electrons. The molecule has 1 aromatic heterocycles. The highest BCUT2D eigenvalue weighted by atomic mass is 35.5. The summed E-state index contributed by atoms with van der Waals surface area (Å²) in [6.45, 7) is 6.32. The number of hydrogen-bond donors (Lipinski definition) is 0. The SMILES string of the molecule is COCCN1C(=O)/C(=C\c2cc(C)n(-c3cc(Cl)cc(Cl)c3)c2C)C(C(=O)OC)=C1C. The number of carbonyl (C=O) groups is 2. The van der Waals surface area contributed by atoms with Gasteiger partial charge >= 0.3 is 5.97 Å². The zero-order chi connectivity index (χ0) is 22.9. The Morgan fingerprint density at radius 3 is 2.29 bits per heavy atom. The predicted molar refractivity (Wildman–Crippen MR) is 122 cm³/mol. The van der Waals surface area contributed by atoms with Crippen LogP contribution in [0, 0.1) is 13.8 Å². The Hall–Kier alpha value is -2.54. The second-order valence-corrected chi connectivity index (χ2v) is 8.12. The third kappa shape index (κ3) is 4.42. The van der Waals surface area contributed by atoms with E-state index in [4.69, 9.17) is 32.7 Å². The van der Waals surface area contributed by atoms with E-state index in [0.29, 0.717) is 34.5 Å². The van der Waals surface area contributed by atoms with E-state index >= 15 is 0 Å². The van der Waals surface area contributed by atoms with Crippen molar-refractivity contribution in [2.75, 3.05) is 27.4 Å². The highest BCUT2D eigenvalue weighted by molar-refractivity contribution is 6.34. The summed E-state index contributed by atoms with van der Waals surface area (Å²) in [6, 6.07) is 7.27. The van der Waals surface area contributed by atoms with E-state index < -0.39 is 5.97 Å². The van der Waals surface area contributed by atoms with Gasteiger partial charge in [0.1, 0.15) is 0 Å². The molecule has 8 heteroatoms. The molecule has 31 heavy (non-hydrogen) atoms. The van der Waals surface area contributed by atoms with Gasteiger partial charge in [0.2, 0.25) is 0 Å². The number of aryl methyl sites for hydroxylation is 1. The molecule has 6 nitrogen and oxygen atoms in total. The third-order valence-electron chi connectivity index (χ3n) is 5.30. The fourth-order valence-electron chi connectivity index (χ4n) is 3.83. The fraction of sp³-hybridized carbons (Fsp3) is 0.304. The van der Waals surface area contributed by atoms with Gasteiger partial charge in [-0.25, -0.2) is 4.79 Å². The summed E-state index contributed by atoms with van der Waals surface area (Å²) >= 11 is 12.4. The van der Waals surface area contributed by atoms with Crippen LogP contribution in [0.1, 0.15) is 23.9 Å². The molecule has 0 bridgehead atoms. The summed E-state index contributed by atoms with van der Waals surface area (Å²) in [5.41, 5.74) is 4.55. The van der Waals surface area contributed by atoms with Gasteiger partial charge in [-0.15, -0.1) is 0 Å². The van der Waals surface area contributed by atoms with E-state index in [0.717, 1.165) is 22.6 Å². The zero-order valence-electron chi connectivity index (χ0n) is 18.1. The molecule has 0 N–H and O–H groups in total. The van der Waals surface area contributed by atoms with Gasteiger partial charge < -0.3 is 18.9 Å². The smallest absolute Gasteiger partial charge is 0.340 e. The van der Waals surface area contributed by atoms with Gasteiger partial charge in [-0.05, 0) is 56.7 Å². The molecule has 2 aromatic rings. The highest BCUT2D eigenvalue weighted by Gasteiger charge is 2.37. The van der Waals surface area contributed by atoms with E-state index in [9.17, 15) is 9.59 Å². The highest BCUT2D eigenvalue weighted by Crippen LogP contribution is 2.33. The van der Waals surface area contributed by atoms with E-state index in [1.54, 1.807) is 26.2 Å². The maximum atomic E-state index is 13.1. The molecule has 1 aliphatic rings. The van der Waals surface area contributed by atoms with Gasteiger partial charge in [-0.1, -0.05) is 23.2 Å². The molecule has 1 aliphatic heterocycles. The number of esters is 1. The molecule has 0 spiro atoms. The van der Waals surface area contributed by atoms with Gasteiger partial charge in [0.15, 0.2) is 0 Å². The average Bonchev–Trinajstić information content (AvgIpc) is 3.11. The number of hydrogen-bond acceptors (Lipinski definition) is 4. The molecule has 0 saturated heterocycles. The first kappa shape index (κ1) is 23.1. The van der Waals surface area contributed by atoms with E-state index in [2.05, 4.69) is 0 Å². The number of rotatable bonds is 6. The molecule has 0 saturated carbocycles. The Morgan fingerprint density at radius 1 is 1.06 bits per heavy atom. The number of nitrogens with zero attached hydrogens (tertiary/aromatic N) is 2. The summed E-state index contributed by atoms with van der Waals surface area (Å²) in [7, 11) is 2.87. The van der Waals surface area contributed by atoms with Crippen molar-refractivity contribution in [3.63, 3.8) is 0 Å². The Balaban J connectivity index is 2.12. The second kappa shape index (κ2) is 9.30. The number of carbonyl (C=O) groups excluding carboxylic acids is 2. The number of methoxy groups -OCH3 is 2. The molecular weight excluding hydrogens is 439 g/mol. The normalized spacial score (nSPS) is 15.4. The van der Waals surface area contributed by atoms with Crippen LogP contribution >= 0.6 is 23.2 Å². The Kier molecular flexibility index (Phi) is 6.94. The lowest BCUT2D eigenvalue weighted by Crippen LogP contribution is -2.28. The lowest BCUT2D eigenvalue weighted by atomic mass is 10.0. The minimum Gasteiger partial charge on any atom is -0.465 e. The predicted octanol–water partition coefficient (Wildman–Crippen LogP) is 4.72. The Bertz CT molecular complexity index is 1090. The fourth-order valence-corrected chi connectivity index (χ4v) is 4.35. The van der Waals surface area contributed by atoms with Crippen molar-refractivity contribution in [2.24, 2.45) is 0 Å². The van der Waals surface area contributed by atoms with Crippen molar-refractivity contribution in [3.8, 4) is 5.69 Å². The molecule has 0 unspecified atom stereocenters. The summed E-state index contributed by atoms with van der Waals surface area (Å²) < 4.78 is 12.1. The van der Waals surface area contributed by atoms with Gasteiger partial charge in [0.25, 0.3) is 5.91 Å². The van der Waals surface area contributed by atoms with E-state index in [-0.39, 0.29) is 11.5 Å². The van der Waals surface area contributed by atoms with Crippen LogP contribution in [0.5, 0.6) is 0 Å². The second-order valence-electron chi connectivity index (χ2n) is 7.25. The maximum Gasteiger partial charge on any atom is 0.340 e. The summed E-state index contributed by atoms with van der Waals surface area (Å²) in [4.78, 5) is 27.1. The topological polar surface area (TPSA) is 60.8 Å². The first-order valence-corrected chi connectivity index (χ1v) is 10.4. The third-order valence-corrected chi connectivity index (χ3v) is 5.73. The first-order valence-electron chi connectivity index (χ1n) is 9.67. The monoisotopic (exact) mass is 462 g/mol. The standard InChI is InChI=1S/C23H24Cl2N2O4/c1-13-8-16(14(2)27(13)19-11-17(24)10-18(25)12-19)9-20-21(23(29)31-5)15(3)26(22(20)28)6-7-30-4/h8-12H,6-7H2,1-5H3/b20-9-. The molecule has 3 rings (SSSR count). The number of benzene rings is 1. The van der Waals surface area contributed by atoms with Crippen LogP contribution in [0.25, 0.3) is 11.8 Å². The minimum atomic E-state index is -0.549. The molecule has 1 aromatic carbocycles. The van der Waals surface area contributed by atoms with Crippen molar-refractivity contribution in [3.05, 3.63) is 68.1 Å². The number of aromatic nitrogens is 1. The average molecular weight is 463 g/mol. The summed E-state index contributed by atoms with van der Waals surface area (Å²) in [6.07, 6.45) is 1.73. The van der Waals surface area contributed by atoms with Crippen molar-refractivity contribution in [1.82, 2.24) is 9.47 Å². The van der Waals surface area contributed by atoms with Gasteiger partial charge in [0.05, 0.1) is 24.9 Å². The van der Waals surface area contributed by atoms with Crippen LogP contribution in [-0.4, -0.2) is 48.7 Å². The molecule has 0 radical (unpaired) electrons. The maximum absolute atomic E-state index is 13.1. The van der Waals surface area contributed by atoms with Crippen molar-refractivity contribution >= 4 is 41.2 Å². The number of amides is 1. The van der Waals surface area contributed by atoms with Crippen LogP contribution < -0.4 is 0 Å². The molecule has 2 heterocycles. The minimum absolute atomic E-state index is 0.259. The van der Waals surface area contributed by atoms with Crippen molar-refractivity contribution in [1.29, 1.82) is 0 Å². The van der Waals surface area contributed by atoms with Gasteiger partial charge in [0, 0.05) is 46.5 Å². The molecule has 0 fully saturated rings. The molecule has 1 amide bonds. The summed E-state index contributed by atoms with van der Waals surface area (Å²) in [5.74, 6) is -0.807. The number of allylic oxidation sites excluding steroid dienone is 1. The Morgan fingerprint density at radius 2 is 1.71 bits per heavy atom. The van der Waals surface area contributed by atoms with Crippen LogP contribution in [0.2, 0.25) is 10.0 Å². The Labute approximate surface area is 191 Å². The molecule has 0 atom stereocenters. The van der Waals surface area contributed by atoms with E-state index in [1.165, 1.54) is 12.0 Å². The van der Waals surface area contributed by atoms with Crippen molar-refractivity contribution < 1.29 is 19.1 Å². The lowest BCUT2D eigenvalue weighted by molar-refractivity contribution is -0.136. The quantitative estimate of drug-likeness (QED) is 0.460. The van der Waals surface area contributed by atoms with Crippen molar-refractivity contribution in [2.45, 2.75) is 20.8 Å². The number of ether oxygens (including phenoxy) is 2. The van der Waals surface area contributed by atoms with Crippen LogP contribution in [0.3, 0.4) is 0 Å². The molecule has 0 aliphatic carbocycles. The van der Waals surface area contributed by atoms with Crippen LogP contribution in [0.15, 0.2) is 41.1 Å². The van der Waals surface area contributed by atoms with E-state index in [1.807, 2.05) is 36.6 Å². The largest absolute Gasteiger partial charge is 0.465 e. The van der Waals surface area contributed by atoms with Crippen LogP contribution in [0.4, 0.5) is 0 Å². The lowest BCUT2D eigenvalue weighted by Gasteiger charge is -2.16. The molecular formula is C23H24Cl2N2O4. The first-order chi connectivity index (χ1) is 14.7. The van der Waals surface area contributed by atoms with Gasteiger partial charge in [-0.2, -0.15) is 0 Å². The zero-order valence-corrected chi connectivity index (χ0v) is 19.6. The number of halogens is 2. The van der Waals surface area contributed by atoms with Crippen LogP contribution in [-0.2, 0) is 19.1 Å².